The molecule has 0 aliphatic carbocycles. The van der Waals surface area contributed by atoms with Gasteiger partial charge in [0, 0.05) is 12.7 Å². The summed E-state index contributed by atoms with van der Waals surface area (Å²) in [5.41, 5.74) is 1.04. The number of nitrogens with zero attached hydrogens (tertiary/aromatic N) is 1. The van der Waals surface area contributed by atoms with E-state index >= 15 is 0 Å². The van der Waals surface area contributed by atoms with E-state index in [9.17, 15) is 26.4 Å². The number of hydrogen-bond donors (Lipinski definition) is 1. The van der Waals surface area contributed by atoms with Crippen molar-refractivity contribution < 1.29 is 26.4 Å². The number of alkyl halides is 3. The number of amides is 1. The Morgan fingerprint density at radius 3 is 2.43 bits per heavy atom. The van der Waals surface area contributed by atoms with Gasteiger partial charge in [-0.25, -0.2) is 8.42 Å². The monoisotopic (exact) mass is 434 g/mol. The van der Waals surface area contributed by atoms with E-state index < -0.39 is 44.1 Å². The van der Waals surface area contributed by atoms with Gasteiger partial charge in [0.1, 0.15) is 0 Å². The van der Waals surface area contributed by atoms with Crippen LogP contribution in [0.4, 0.5) is 18.9 Å². The van der Waals surface area contributed by atoms with Crippen LogP contribution >= 0.6 is 11.6 Å². The van der Waals surface area contributed by atoms with Gasteiger partial charge in [0.15, 0.2) is 0 Å². The number of rotatable bonds is 5. The molecule has 1 amide bonds. The molecule has 0 saturated heterocycles. The van der Waals surface area contributed by atoms with Gasteiger partial charge >= 0.3 is 6.18 Å². The molecule has 0 fully saturated rings. The van der Waals surface area contributed by atoms with Crippen molar-refractivity contribution in [3.8, 4) is 0 Å². The summed E-state index contributed by atoms with van der Waals surface area (Å²) in [4.78, 5) is 11.6. The first-order valence-corrected chi connectivity index (χ1v) is 9.85. The molecule has 10 heteroatoms. The summed E-state index contributed by atoms with van der Waals surface area (Å²) in [6.07, 6.45) is -4.80. The highest BCUT2D eigenvalue weighted by molar-refractivity contribution is 7.89. The number of hydrogen-bond acceptors (Lipinski definition) is 3. The van der Waals surface area contributed by atoms with Crippen molar-refractivity contribution >= 4 is 33.2 Å². The molecule has 0 unspecified atom stereocenters. The van der Waals surface area contributed by atoms with Crippen molar-refractivity contribution in [2.45, 2.75) is 24.9 Å². The molecular weight excluding hydrogens is 417 g/mol. The van der Waals surface area contributed by atoms with Crippen molar-refractivity contribution in [3.05, 3.63) is 58.1 Å². The molecule has 0 radical (unpaired) electrons. The summed E-state index contributed by atoms with van der Waals surface area (Å²) in [6.45, 7) is 3.10. The van der Waals surface area contributed by atoms with Crippen molar-refractivity contribution in [1.82, 2.24) is 4.31 Å². The summed E-state index contributed by atoms with van der Waals surface area (Å²) in [5.74, 6) is -0.621. The zero-order chi connectivity index (χ0) is 21.3. The number of halogens is 4. The van der Waals surface area contributed by atoms with Crippen LogP contribution < -0.4 is 5.32 Å². The highest BCUT2D eigenvalue weighted by Gasteiger charge is 2.35. The van der Waals surface area contributed by atoms with Crippen LogP contribution in [-0.4, -0.2) is 32.2 Å². The summed E-state index contributed by atoms with van der Waals surface area (Å²) in [5, 5.41) is 1.99. The number of carbonyl (C=O) groups is 1. The number of likely N-dealkylation sites (N-methyl/N-ethyl adjacent to an activating group) is 1. The molecule has 0 saturated carbocycles. The molecule has 0 aliphatic heterocycles. The van der Waals surface area contributed by atoms with Gasteiger partial charge in [0.25, 0.3) is 0 Å². The third kappa shape index (κ3) is 4.84. The molecule has 0 atom stereocenters. The minimum atomic E-state index is -4.80. The molecule has 28 heavy (non-hydrogen) atoms. The van der Waals surface area contributed by atoms with Crippen LogP contribution in [0.5, 0.6) is 0 Å². The average molecular weight is 435 g/mol. The van der Waals surface area contributed by atoms with E-state index in [0.29, 0.717) is 16.1 Å². The smallest absolute Gasteiger partial charge is 0.325 e. The van der Waals surface area contributed by atoms with E-state index in [1.165, 1.54) is 0 Å². The minimum absolute atomic E-state index is 0.455. The van der Waals surface area contributed by atoms with Gasteiger partial charge in [-0.05, 0) is 49.2 Å². The van der Waals surface area contributed by atoms with Gasteiger partial charge in [-0.1, -0.05) is 23.7 Å². The quantitative estimate of drug-likeness (QED) is 0.765. The van der Waals surface area contributed by atoms with Gasteiger partial charge in [0.2, 0.25) is 15.9 Å². The lowest BCUT2D eigenvalue weighted by atomic mass is 10.1. The van der Waals surface area contributed by atoms with E-state index in [4.69, 9.17) is 11.6 Å². The van der Waals surface area contributed by atoms with Crippen LogP contribution in [0.1, 0.15) is 16.7 Å². The highest BCUT2D eigenvalue weighted by Crippen LogP contribution is 2.36. The second kappa shape index (κ2) is 8.10. The van der Waals surface area contributed by atoms with Crippen molar-refractivity contribution in [1.29, 1.82) is 0 Å². The molecule has 2 rings (SSSR count). The van der Waals surface area contributed by atoms with Gasteiger partial charge < -0.3 is 5.32 Å². The molecule has 2 aromatic rings. The molecule has 152 valence electrons. The van der Waals surface area contributed by atoms with Gasteiger partial charge in [0.05, 0.1) is 22.0 Å². The number of anilines is 1. The third-order valence-electron chi connectivity index (χ3n) is 4.20. The number of aryl methyl sites for hydroxylation is 1. The zero-order valence-corrected chi connectivity index (χ0v) is 16.8. The number of carbonyl (C=O) groups excluding carboxylic acids is 1. The van der Waals surface area contributed by atoms with E-state index in [1.807, 2.05) is 13.0 Å². The molecule has 1 N–H and O–H groups in total. The third-order valence-corrected chi connectivity index (χ3v) is 6.33. The van der Waals surface area contributed by atoms with Crippen LogP contribution in [-0.2, 0) is 21.0 Å². The summed E-state index contributed by atoms with van der Waals surface area (Å²) >= 11 is 5.52. The predicted molar refractivity (Wildman–Crippen MR) is 101 cm³/mol. The lowest BCUT2D eigenvalue weighted by Gasteiger charge is -2.19. The molecule has 0 aliphatic rings. The Bertz CT molecular complexity index is 1010. The standard InChI is InChI=1S/C18H18ClF3N2O3S/c1-11-5-4-6-16(12(11)2)23-17(25)10-24(3)28(26,27)13-7-8-15(19)14(9-13)18(20,21)22/h4-9H,10H2,1-3H3,(H,23,25). The highest BCUT2D eigenvalue weighted by atomic mass is 35.5. The summed E-state index contributed by atoms with van der Waals surface area (Å²) in [6, 6.07) is 7.55. The van der Waals surface area contributed by atoms with Crippen LogP contribution in [0.3, 0.4) is 0 Å². The van der Waals surface area contributed by atoms with Crippen LogP contribution in [0.2, 0.25) is 5.02 Å². The Hall–Kier alpha value is -2.10. The fourth-order valence-corrected chi connectivity index (χ4v) is 3.80. The first-order chi connectivity index (χ1) is 12.8. The number of sulfonamides is 1. The summed E-state index contributed by atoms with van der Waals surface area (Å²) < 4.78 is 64.8. The van der Waals surface area contributed by atoms with Crippen LogP contribution in [0, 0.1) is 13.8 Å². The molecule has 0 bridgehead atoms. The van der Waals surface area contributed by atoms with Gasteiger partial charge in [-0.2, -0.15) is 17.5 Å². The van der Waals surface area contributed by atoms with E-state index in [2.05, 4.69) is 5.32 Å². The Balaban J connectivity index is 2.22. The first-order valence-electron chi connectivity index (χ1n) is 8.03. The minimum Gasteiger partial charge on any atom is -0.325 e. The van der Waals surface area contributed by atoms with Crippen LogP contribution in [0.15, 0.2) is 41.3 Å². The molecular formula is C18H18ClF3N2O3S. The second-order valence-electron chi connectivity index (χ2n) is 6.20. The zero-order valence-electron chi connectivity index (χ0n) is 15.3. The van der Waals surface area contributed by atoms with Gasteiger partial charge in [-0.3, -0.25) is 4.79 Å². The first kappa shape index (κ1) is 22.2. The number of nitrogens with one attached hydrogen (secondary N) is 1. The molecule has 5 nitrogen and oxygen atoms in total. The molecule has 0 spiro atoms. The SMILES string of the molecule is Cc1cccc(NC(=O)CN(C)S(=O)(=O)c2ccc(Cl)c(C(F)(F)F)c2)c1C. The second-order valence-corrected chi connectivity index (χ2v) is 8.65. The predicted octanol–water partition coefficient (Wildman–Crippen LogP) is 4.23. The maximum absolute atomic E-state index is 13.0. The Morgan fingerprint density at radius 1 is 1.18 bits per heavy atom. The van der Waals surface area contributed by atoms with E-state index in [1.54, 1.807) is 19.1 Å². The largest absolute Gasteiger partial charge is 0.417 e. The maximum atomic E-state index is 13.0. The fraction of sp³-hybridized carbons (Fsp3) is 0.278. The normalized spacial score (nSPS) is 12.3. The Kier molecular flexibility index (Phi) is 6.42. The van der Waals surface area contributed by atoms with Crippen molar-refractivity contribution in [3.63, 3.8) is 0 Å². The number of benzene rings is 2. The molecule has 2 aromatic carbocycles. The molecule has 0 aromatic heterocycles. The van der Waals surface area contributed by atoms with E-state index in [-0.39, 0.29) is 0 Å². The van der Waals surface area contributed by atoms with Gasteiger partial charge in [-0.15, -0.1) is 0 Å². The topological polar surface area (TPSA) is 66.5 Å². The lowest BCUT2D eigenvalue weighted by Crippen LogP contribution is -2.35. The Labute approximate surface area is 166 Å². The van der Waals surface area contributed by atoms with Crippen molar-refractivity contribution in [2.24, 2.45) is 0 Å². The van der Waals surface area contributed by atoms with Crippen molar-refractivity contribution in [2.75, 3.05) is 18.9 Å². The summed E-state index contributed by atoms with van der Waals surface area (Å²) in [7, 11) is -3.22. The fourth-order valence-electron chi connectivity index (χ4n) is 2.43. The average Bonchev–Trinajstić information content (AvgIpc) is 2.58. The van der Waals surface area contributed by atoms with Crippen LogP contribution in [0.25, 0.3) is 0 Å². The Morgan fingerprint density at radius 2 is 1.82 bits per heavy atom. The lowest BCUT2D eigenvalue weighted by molar-refractivity contribution is -0.137. The molecule has 0 heterocycles. The maximum Gasteiger partial charge on any atom is 0.417 e. The van der Waals surface area contributed by atoms with E-state index in [0.717, 1.165) is 30.3 Å².